The summed E-state index contributed by atoms with van der Waals surface area (Å²) in [6.45, 7) is 5.41. The standard InChI is InChI=1S/C8H11N/c1-3-4-5-6-8(2)7-9/h3-5,8H,1,6H2,2H3/b5-4-. The van der Waals surface area contributed by atoms with E-state index in [4.69, 9.17) is 5.26 Å². The first-order valence-corrected chi connectivity index (χ1v) is 2.98. The highest BCUT2D eigenvalue weighted by molar-refractivity contribution is 4.99. The van der Waals surface area contributed by atoms with Gasteiger partial charge in [0.2, 0.25) is 0 Å². The zero-order valence-electron chi connectivity index (χ0n) is 5.67. The Balaban J connectivity index is 3.40. The first-order valence-electron chi connectivity index (χ1n) is 2.98. The van der Waals surface area contributed by atoms with Crippen LogP contribution in [0.3, 0.4) is 0 Å². The Bertz CT molecular complexity index is 139. The predicted octanol–water partition coefficient (Wildman–Crippen LogP) is 2.28. The van der Waals surface area contributed by atoms with Crippen molar-refractivity contribution in [1.82, 2.24) is 0 Å². The largest absolute Gasteiger partial charge is 0.198 e. The van der Waals surface area contributed by atoms with Crippen molar-refractivity contribution in [2.24, 2.45) is 5.92 Å². The van der Waals surface area contributed by atoms with Crippen molar-refractivity contribution < 1.29 is 0 Å². The molecule has 0 N–H and O–H groups in total. The maximum atomic E-state index is 8.32. The van der Waals surface area contributed by atoms with Crippen molar-refractivity contribution in [2.45, 2.75) is 13.3 Å². The monoisotopic (exact) mass is 121 g/mol. The van der Waals surface area contributed by atoms with E-state index in [0.29, 0.717) is 0 Å². The van der Waals surface area contributed by atoms with E-state index in [9.17, 15) is 0 Å². The third kappa shape index (κ3) is 4.83. The van der Waals surface area contributed by atoms with Crippen LogP contribution in [0.4, 0.5) is 0 Å². The number of allylic oxidation sites excluding steroid dienone is 3. The van der Waals surface area contributed by atoms with Crippen LogP contribution in [0, 0.1) is 17.2 Å². The summed E-state index contributed by atoms with van der Waals surface area (Å²) in [5.41, 5.74) is 0. The van der Waals surface area contributed by atoms with Crippen LogP contribution < -0.4 is 0 Å². The fraction of sp³-hybridized carbons (Fsp3) is 0.375. The normalized spacial score (nSPS) is 12.9. The highest BCUT2D eigenvalue weighted by Crippen LogP contribution is 1.99. The summed E-state index contributed by atoms with van der Waals surface area (Å²) in [6, 6.07) is 2.14. The molecule has 0 saturated heterocycles. The molecule has 0 aliphatic heterocycles. The molecule has 0 aromatic rings. The van der Waals surface area contributed by atoms with Crippen molar-refractivity contribution in [2.75, 3.05) is 0 Å². The van der Waals surface area contributed by atoms with Crippen molar-refractivity contribution in [3.8, 4) is 6.07 Å². The molecule has 0 spiro atoms. The molecule has 0 aromatic heterocycles. The van der Waals surface area contributed by atoms with Crippen molar-refractivity contribution in [1.29, 1.82) is 5.26 Å². The molecule has 0 aromatic carbocycles. The molecule has 0 heterocycles. The lowest BCUT2D eigenvalue weighted by molar-refractivity contribution is 0.760. The zero-order valence-corrected chi connectivity index (χ0v) is 5.67. The Morgan fingerprint density at radius 3 is 2.89 bits per heavy atom. The van der Waals surface area contributed by atoms with Crippen LogP contribution in [0.1, 0.15) is 13.3 Å². The van der Waals surface area contributed by atoms with Gasteiger partial charge in [-0.25, -0.2) is 0 Å². The number of nitriles is 1. The number of rotatable bonds is 3. The summed E-state index contributed by atoms with van der Waals surface area (Å²) in [5.74, 6) is 0.126. The second-order valence-corrected chi connectivity index (χ2v) is 1.93. The molecule has 48 valence electrons. The smallest absolute Gasteiger partial charge is 0.0656 e. The van der Waals surface area contributed by atoms with Gasteiger partial charge < -0.3 is 0 Å². The van der Waals surface area contributed by atoms with Crippen LogP contribution in [-0.4, -0.2) is 0 Å². The molecule has 0 radical (unpaired) electrons. The first kappa shape index (κ1) is 7.97. The Morgan fingerprint density at radius 2 is 2.44 bits per heavy atom. The van der Waals surface area contributed by atoms with Crippen LogP contribution in [0.15, 0.2) is 24.8 Å². The van der Waals surface area contributed by atoms with Crippen LogP contribution in [0.5, 0.6) is 0 Å². The maximum absolute atomic E-state index is 8.32. The summed E-state index contributed by atoms with van der Waals surface area (Å²) < 4.78 is 0. The highest BCUT2D eigenvalue weighted by Gasteiger charge is 1.91. The summed E-state index contributed by atoms with van der Waals surface area (Å²) in [5, 5.41) is 8.32. The van der Waals surface area contributed by atoms with Gasteiger partial charge >= 0.3 is 0 Å². The third-order valence-corrected chi connectivity index (χ3v) is 0.982. The Hall–Kier alpha value is -1.03. The Morgan fingerprint density at radius 1 is 1.78 bits per heavy atom. The van der Waals surface area contributed by atoms with E-state index in [1.807, 2.05) is 19.1 Å². The minimum absolute atomic E-state index is 0.126. The molecule has 0 saturated carbocycles. The van der Waals surface area contributed by atoms with Crippen LogP contribution in [-0.2, 0) is 0 Å². The quantitative estimate of drug-likeness (QED) is 0.525. The first-order chi connectivity index (χ1) is 4.31. The molecule has 1 heteroatoms. The average molecular weight is 121 g/mol. The molecule has 0 aliphatic rings. The number of hydrogen-bond acceptors (Lipinski definition) is 1. The predicted molar refractivity (Wildman–Crippen MR) is 38.7 cm³/mol. The van der Waals surface area contributed by atoms with Gasteiger partial charge in [0.1, 0.15) is 0 Å². The lowest BCUT2D eigenvalue weighted by Gasteiger charge is -1.90. The topological polar surface area (TPSA) is 23.8 Å². The van der Waals surface area contributed by atoms with Gasteiger partial charge in [-0.3, -0.25) is 0 Å². The lowest BCUT2D eigenvalue weighted by Crippen LogP contribution is -1.84. The second kappa shape index (κ2) is 5.11. The average Bonchev–Trinajstić information content (AvgIpc) is 1.89. The van der Waals surface area contributed by atoms with Gasteiger partial charge in [0.25, 0.3) is 0 Å². The summed E-state index contributed by atoms with van der Waals surface area (Å²) in [4.78, 5) is 0. The van der Waals surface area contributed by atoms with Crippen molar-refractivity contribution in [3.05, 3.63) is 24.8 Å². The van der Waals surface area contributed by atoms with E-state index in [2.05, 4.69) is 12.6 Å². The molecule has 0 amide bonds. The summed E-state index contributed by atoms with van der Waals surface area (Å²) in [7, 11) is 0. The van der Waals surface area contributed by atoms with Gasteiger partial charge in [-0.15, -0.1) is 0 Å². The minimum Gasteiger partial charge on any atom is -0.198 e. The van der Waals surface area contributed by atoms with Gasteiger partial charge in [0, 0.05) is 5.92 Å². The maximum Gasteiger partial charge on any atom is 0.0656 e. The molecule has 1 nitrogen and oxygen atoms in total. The van der Waals surface area contributed by atoms with Gasteiger partial charge in [0.05, 0.1) is 6.07 Å². The fourth-order valence-corrected chi connectivity index (χ4v) is 0.432. The van der Waals surface area contributed by atoms with E-state index < -0.39 is 0 Å². The van der Waals surface area contributed by atoms with Gasteiger partial charge in [-0.2, -0.15) is 5.26 Å². The molecule has 1 unspecified atom stereocenters. The van der Waals surface area contributed by atoms with E-state index in [0.717, 1.165) is 6.42 Å². The summed E-state index contributed by atoms with van der Waals surface area (Å²) in [6.07, 6.45) is 6.33. The number of nitrogens with zero attached hydrogens (tertiary/aromatic N) is 1. The molecule has 0 fully saturated rings. The van der Waals surface area contributed by atoms with E-state index in [1.54, 1.807) is 6.08 Å². The Kier molecular flexibility index (Phi) is 4.53. The summed E-state index contributed by atoms with van der Waals surface area (Å²) >= 11 is 0. The fourth-order valence-electron chi connectivity index (χ4n) is 0.432. The van der Waals surface area contributed by atoms with Gasteiger partial charge in [-0.05, 0) is 13.3 Å². The minimum atomic E-state index is 0.126. The van der Waals surface area contributed by atoms with Crippen LogP contribution >= 0.6 is 0 Å². The van der Waals surface area contributed by atoms with Crippen LogP contribution in [0.25, 0.3) is 0 Å². The number of hydrogen-bond donors (Lipinski definition) is 0. The Labute approximate surface area is 56.3 Å². The molecule has 0 bridgehead atoms. The highest BCUT2D eigenvalue weighted by atomic mass is 14.2. The van der Waals surface area contributed by atoms with E-state index in [-0.39, 0.29) is 5.92 Å². The third-order valence-electron chi connectivity index (χ3n) is 0.982. The van der Waals surface area contributed by atoms with E-state index in [1.165, 1.54) is 0 Å². The molecule has 9 heavy (non-hydrogen) atoms. The molecule has 1 atom stereocenters. The molecule has 0 aliphatic carbocycles. The lowest BCUT2D eigenvalue weighted by atomic mass is 10.1. The molecular formula is C8H11N. The van der Waals surface area contributed by atoms with Gasteiger partial charge in [-0.1, -0.05) is 24.8 Å². The van der Waals surface area contributed by atoms with Gasteiger partial charge in [0.15, 0.2) is 0 Å². The van der Waals surface area contributed by atoms with Crippen molar-refractivity contribution in [3.63, 3.8) is 0 Å². The van der Waals surface area contributed by atoms with E-state index >= 15 is 0 Å². The SMILES string of the molecule is C=C/C=C\CC(C)C#N. The van der Waals surface area contributed by atoms with Crippen molar-refractivity contribution >= 4 is 0 Å². The molecular weight excluding hydrogens is 110 g/mol. The second-order valence-electron chi connectivity index (χ2n) is 1.93. The zero-order chi connectivity index (χ0) is 7.11. The molecule has 0 rings (SSSR count). The van der Waals surface area contributed by atoms with Crippen LogP contribution in [0.2, 0.25) is 0 Å².